The summed E-state index contributed by atoms with van der Waals surface area (Å²) in [5.41, 5.74) is 0. The largest absolute Gasteiger partial charge is 0.493 e. The van der Waals surface area contributed by atoms with Crippen LogP contribution < -0.4 is 4.74 Å². The molecule has 0 atom stereocenters. The van der Waals surface area contributed by atoms with Crippen LogP contribution in [0.15, 0.2) is 24.3 Å². The lowest BCUT2D eigenvalue weighted by molar-refractivity contribution is -0.133. The van der Waals surface area contributed by atoms with Crippen molar-refractivity contribution in [1.29, 1.82) is 0 Å². The number of halogens is 1. The van der Waals surface area contributed by atoms with Gasteiger partial charge in [0.05, 0.1) is 13.0 Å². The molecule has 112 valence electrons. The highest BCUT2D eigenvalue weighted by molar-refractivity contribution is 5.76. The highest BCUT2D eigenvalue weighted by atomic mass is 19.1. The molecule has 0 saturated heterocycles. The molecule has 0 heterocycles. The van der Waals surface area contributed by atoms with Crippen molar-refractivity contribution < 1.29 is 19.0 Å². The number of aliphatic hydroxyl groups is 1. The molecule has 0 spiro atoms. The second-order valence-corrected chi connectivity index (χ2v) is 4.81. The van der Waals surface area contributed by atoms with Crippen molar-refractivity contribution in [2.45, 2.75) is 32.7 Å². The van der Waals surface area contributed by atoms with E-state index in [2.05, 4.69) is 0 Å². The van der Waals surface area contributed by atoms with Gasteiger partial charge in [0.1, 0.15) is 11.6 Å². The normalized spacial score (nSPS) is 10.7. The van der Waals surface area contributed by atoms with E-state index in [9.17, 15) is 9.18 Å². The summed E-state index contributed by atoms with van der Waals surface area (Å²) in [6, 6.07) is 5.80. The number of amides is 1. The Labute approximate surface area is 119 Å². The van der Waals surface area contributed by atoms with E-state index in [0.29, 0.717) is 18.7 Å². The Morgan fingerprint density at radius 1 is 1.35 bits per heavy atom. The predicted octanol–water partition coefficient (Wildman–Crippen LogP) is 2.21. The molecule has 0 radical (unpaired) electrons. The minimum absolute atomic E-state index is 0.00411. The van der Waals surface area contributed by atoms with Crippen molar-refractivity contribution in [1.82, 2.24) is 4.90 Å². The summed E-state index contributed by atoms with van der Waals surface area (Å²) < 4.78 is 18.1. The summed E-state index contributed by atoms with van der Waals surface area (Å²) in [5.74, 6) is 0.227. The van der Waals surface area contributed by atoms with Gasteiger partial charge in [-0.25, -0.2) is 4.39 Å². The minimum atomic E-state index is -0.316. The van der Waals surface area contributed by atoms with Crippen molar-refractivity contribution in [3.63, 3.8) is 0 Å². The maximum Gasteiger partial charge on any atom is 0.226 e. The quantitative estimate of drug-likeness (QED) is 0.796. The van der Waals surface area contributed by atoms with E-state index in [1.54, 1.807) is 4.90 Å². The van der Waals surface area contributed by atoms with Gasteiger partial charge in [-0.15, -0.1) is 0 Å². The molecule has 0 unspecified atom stereocenters. The SMILES string of the molecule is CC(C)N(CCCO)C(=O)CCOc1ccc(F)cc1. The molecule has 0 bridgehead atoms. The van der Waals surface area contributed by atoms with Gasteiger partial charge in [0.25, 0.3) is 0 Å². The first-order chi connectivity index (χ1) is 9.54. The number of hydrogen-bond acceptors (Lipinski definition) is 3. The summed E-state index contributed by atoms with van der Waals surface area (Å²) in [7, 11) is 0. The summed E-state index contributed by atoms with van der Waals surface area (Å²) in [4.78, 5) is 13.8. The van der Waals surface area contributed by atoms with E-state index in [1.165, 1.54) is 24.3 Å². The van der Waals surface area contributed by atoms with Crippen molar-refractivity contribution >= 4 is 5.91 Å². The lowest BCUT2D eigenvalue weighted by Gasteiger charge is -2.26. The number of rotatable bonds is 8. The molecular formula is C15H22FNO3. The maximum atomic E-state index is 12.7. The van der Waals surface area contributed by atoms with Gasteiger partial charge >= 0.3 is 0 Å². The lowest BCUT2D eigenvalue weighted by Crippen LogP contribution is -2.38. The monoisotopic (exact) mass is 283 g/mol. The molecule has 0 aliphatic heterocycles. The van der Waals surface area contributed by atoms with Crippen LogP contribution in [0.1, 0.15) is 26.7 Å². The van der Waals surface area contributed by atoms with Crippen LogP contribution >= 0.6 is 0 Å². The Bertz CT molecular complexity index is 406. The zero-order chi connectivity index (χ0) is 15.0. The van der Waals surface area contributed by atoms with Gasteiger partial charge in [-0.05, 0) is 44.5 Å². The Kier molecular flexibility index (Phi) is 7.01. The first-order valence-electron chi connectivity index (χ1n) is 6.83. The Morgan fingerprint density at radius 3 is 2.55 bits per heavy atom. The lowest BCUT2D eigenvalue weighted by atomic mass is 10.2. The molecule has 1 N–H and O–H groups in total. The van der Waals surface area contributed by atoms with E-state index in [1.807, 2.05) is 13.8 Å². The number of carbonyl (C=O) groups excluding carboxylic acids is 1. The van der Waals surface area contributed by atoms with Gasteiger partial charge in [0.2, 0.25) is 5.91 Å². The molecule has 5 heteroatoms. The van der Waals surface area contributed by atoms with Crippen molar-refractivity contribution in [2.24, 2.45) is 0 Å². The average molecular weight is 283 g/mol. The van der Waals surface area contributed by atoms with Gasteiger partial charge in [0, 0.05) is 19.2 Å². The van der Waals surface area contributed by atoms with Crippen LogP contribution in [-0.4, -0.2) is 41.7 Å². The second-order valence-electron chi connectivity index (χ2n) is 4.81. The van der Waals surface area contributed by atoms with Gasteiger partial charge in [0.15, 0.2) is 0 Å². The fourth-order valence-electron chi connectivity index (χ4n) is 1.84. The molecule has 0 saturated carbocycles. The summed E-state index contributed by atoms with van der Waals surface area (Å²) >= 11 is 0. The van der Waals surface area contributed by atoms with Crippen LogP contribution in [0.25, 0.3) is 0 Å². The molecule has 1 aromatic rings. The third-order valence-electron chi connectivity index (χ3n) is 2.90. The molecule has 0 aliphatic rings. The predicted molar refractivity (Wildman–Crippen MR) is 75.1 cm³/mol. The number of aliphatic hydroxyl groups excluding tert-OH is 1. The van der Waals surface area contributed by atoms with Crippen LogP contribution in [0.4, 0.5) is 4.39 Å². The van der Waals surface area contributed by atoms with Gasteiger partial charge < -0.3 is 14.7 Å². The Morgan fingerprint density at radius 2 is 2.00 bits per heavy atom. The number of benzene rings is 1. The molecule has 0 aromatic heterocycles. The molecule has 0 aliphatic carbocycles. The van der Waals surface area contributed by atoms with Crippen LogP contribution in [0.3, 0.4) is 0 Å². The topological polar surface area (TPSA) is 49.8 Å². The van der Waals surface area contributed by atoms with E-state index >= 15 is 0 Å². The van der Waals surface area contributed by atoms with Gasteiger partial charge in [-0.3, -0.25) is 4.79 Å². The average Bonchev–Trinajstić information content (AvgIpc) is 2.41. The minimum Gasteiger partial charge on any atom is -0.493 e. The third kappa shape index (κ3) is 5.57. The van der Waals surface area contributed by atoms with Gasteiger partial charge in [-0.1, -0.05) is 0 Å². The Balaban J connectivity index is 2.38. The van der Waals surface area contributed by atoms with E-state index in [-0.39, 0.29) is 37.4 Å². The number of carbonyl (C=O) groups is 1. The maximum absolute atomic E-state index is 12.7. The molecule has 0 fully saturated rings. The van der Waals surface area contributed by atoms with E-state index in [0.717, 1.165) is 0 Å². The smallest absolute Gasteiger partial charge is 0.226 e. The fraction of sp³-hybridized carbons (Fsp3) is 0.533. The molecule has 1 aromatic carbocycles. The molecule has 4 nitrogen and oxygen atoms in total. The fourth-order valence-corrected chi connectivity index (χ4v) is 1.84. The molecule has 1 rings (SSSR count). The van der Waals surface area contributed by atoms with Crippen molar-refractivity contribution in [2.75, 3.05) is 19.8 Å². The number of ether oxygens (including phenoxy) is 1. The van der Waals surface area contributed by atoms with Crippen molar-refractivity contribution in [3.05, 3.63) is 30.1 Å². The third-order valence-corrected chi connectivity index (χ3v) is 2.90. The number of nitrogens with zero attached hydrogens (tertiary/aromatic N) is 1. The van der Waals surface area contributed by atoms with E-state index < -0.39 is 0 Å². The standard InChI is InChI=1S/C15H22FNO3/c1-12(2)17(9-3-10-18)15(19)8-11-20-14-6-4-13(16)5-7-14/h4-7,12,18H,3,8-11H2,1-2H3. The van der Waals surface area contributed by atoms with Crippen LogP contribution in [0.5, 0.6) is 5.75 Å². The Hall–Kier alpha value is -1.62. The first kappa shape index (κ1) is 16.4. The summed E-state index contributed by atoms with van der Waals surface area (Å²) in [6.07, 6.45) is 0.837. The molecule has 20 heavy (non-hydrogen) atoms. The molecule has 1 amide bonds. The zero-order valence-corrected chi connectivity index (χ0v) is 12.0. The summed E-state index contributed by atoms with van der Waals surface area (Å²) in [6.45, 7) is 4.76. The number of hydrogen-bond donors (Lipinski definition) is 1. The summed E-state index contributed by atoms with van der Waals surface area (Å²) in [5, 5.41) is 8.83. The van der Waals surface area contributed by atoms with Gasteiger partial charge in [-0.2, -0.15) is 0 Å². The first-order valence-corrected chi connectivity index (χ1v) is 6.83. The van der Waals surface area contributed by atoms with Crippen molar-refractivity contribution in [3.8, 4) is 5.75 Å². The highest BCUT2D eigenvalue weighted by Gasteiger charge is 2.16. The van der Waals surface area contributed by atoms with Crippen LogP contribution in [0.2, 0.25) is 0 Å². The highest BCUT2D eigenvalue weighted by Crippen LogP contribution is 2.12. The zero-order valence-electron chi connectivity index (χ0n) is 12.0. The second kappa shape index (κ2) is 8.53. The molecular weight excluding hydrogens is 261 g/mol. The van der Waals surface area contributed by atoms with Crippen LogP contribution in [0, 0.1) is 5.82 Å². The van der Waals surface area contributed by atoms with E-state index in [4.69, 9.17) is 9.84 Å². The van der Waals surface area contributed by atoms with Crippen LogP contribution in [-0.2, 0) is 4.79 Å².